The first-order chi connectivity index (χ1) is 11.5. The molecule has 1 N–H and O–H groups in total. The van der Waals surface area contributed by atoms with Crippen LogP contribution < -0.4 is 10.1 Å². The second-order valence-corrected chi connectivity index (χ2v) is 6.03. The second-order valence-electron chi connectivity index (χ2n) is 4.65. The number of benzene rings is 1. The molecule has 0 atom stereocenters. The maximum Gasteiger partial charge on any atom is 0.310 e. The normalized spacial score (nSPS) is 10.1. The van der Waals surface area contributed by atoms with E-state index in [1.807, 2.05) is 0 Å². The number of hydrogen-bond acceptors (Lipinski definition) is 6. The standard InChI is InChI=1S/C16H14ClNO5S/c1-22-12-5-4-11(17)7-10(12)8-15(20)23-9-14(19)18-16(21)13-3-2-6-24-13/h2-7H,8-9H2,1H3,(H,18,19,21). The number of amides is 2. The molecule has 126 valence electrons. The zero-order chi connectivity index (χ0) is 17.5. The first kappa shape index (κ1) is 18.0. The summed E-state index contributed by atoms with van der Waals surface area (Å²) >= 11 is 7.09. The Hall–Kier alpha value is -2.38. The third kappa shape index (κ3) is 5.07. The Morgan fingerprint density at radius 1 is 1.25 bits per heavy atom. The van der Waals surface area contributed by atoms with Gasteiger partial charge in [-0.15, -0.1) is 11.3 Å². The van der Waals surface area contributed by atoms with Gasteiger partial charge in [0.1, 0.15) is 5.75 Å². The van der Waals surface area contributed by atoms with Crippen LogP contribution in [-0.4, -0.2) is 31.5 Å². The van der Waals surface area contributed by atoms with E-state index in [1.165, 1.54) is 18.4 Å². The van der Waals surface area contributed by atoms with Gasteiger partial charge in [-0.25, -0.2) is 0 Å². The molecular weight excluding hydrogens is 354 g/mol. The van der Waals surface area contributed by atoms with Crippen molar-refractivity contribution in [2.24, 2.45) is 0 Å². The summed E-state index contributed by atoms with van der Waals surface area (Å²) < 4.78 is 10.00. The molecular formula is C16H14ClNO5S. The number of carbonyl (C=O) groups is 3. The number of methoxy groups -OCH3 is 1. The molecule has 0 saturated heterocycles. The highest BCUT2D eigenvalue weighted by atomic mass is 35.5. The highest BCUT2D eigenvalue weighted by Crippen LogP contribution is 2.23. The fourth-order valence-electron chi connectivity index (χ4n) is 1.87. The maximum absolute atomic E-state index is 11.8. The second kappa shape index (κ2) is 8.47. The molecule has 6 nitrogen and oxygen atoms in total. The number of nitrogens with one attached hydrogen (secondary N) is 1. The van der Waals surface area contributed by atoms with Crippen LogP contribution in [0.3, 0.4) is 0 Å². The number of esters is 1. The van der Waals surface area contributed by atoms with Crippen LogP contribution in [0.2, 0.25) is 5.02 Å². The minimum absolute atomic E-state index is 0.101. The van der Waals surface area contributed by atoms with Gasteiger partial charge in [0.25, 0.3) is 11.8 Å². The summed E-state index contributed by atoms with van der Waals surface area (Å²) in [5.74, 6) is -1.36. The van der Waals surface area contributed by atoms with Gasteiger partial charge in [0.05, 0.1) is 18.4 Å². The van der Waals surface area contributed by atoms with Crippen LogP contribution in [0, 0.1) is 0 Å². The lowest BCUT2D eigenvalue weighted by molar-refractivity contribution is -0.147. The summed E-state index contributed by atoms with van der Waals surface area (Å²) in [4.78, 5) is 35.5. The summed E-state index contributed by atoms with van der Waals surface area (Å²) in [5, 5.41) is 4.32. The highest BCUT2D eigenvalue weighted by molar-refractivity contribution is 7.12. The summed E-state index contributed by atoms with van der Waals surface area (Å²) in [6, 6.07) is 8.14. The minimum atomic E-state index is -0.695. The van der Waals surface area contributed by atoms with Crippen LogP contribution in [0.25, 0.3) is 0 Å². The van der Waals surface area contributed by atoms with Crippen molar-refractivity contribution < 1.29 is 23.9 Å². The van der Waals surface area contributed by atoms with Gasteiger partial charge in [-0.2, -0.15) is 0 Å². The summed E-state index contributed by atoms with van der Waals surface area (Å²) in [6.45, 7) is -0.543. The molecule has 2 aromatic rings. The Kier molecular flexibility index (Phi) is 6.34. The van der Waals surface area contributed by atoms with E-state index in [0.717, 1.165) is 0 Å². The van der Waals surface area contributed by atoms with E-state index < -0.39 is 24.4 Å². The summed E-state index contributed by atoms with van der Waals surface area (Å²) in [6.07, 6.45) is -0.101. The van der Waals surface area contributed by atoms with E-state index in [9.17, 15) is 14.4 Å². The van der Waals surface area contributed by atoms with Crippen molar-refractivity contribution in [2.45, 2.75) is 6.42 Å². The molecule has 8 heteroatoms. The molecule has 0 saturated carbocycles. The first-order valence-electron chi connectivity index (χ1n) is 6.85. The molecule has 0 spiro atoms. The van der Waals surface area contributed by atoms with Gasteiger partial charge >= 0.3 is 5.97 Å². The number of carbonyl (C=O) groups excluding carboxylic acids is 3. The SMILES string of the molecule is COc1ccc(Cl)cc1CC(=O)OCC(=O)NC(=O)c1cccs1. The molecule has 2 amide bonds. The number of rotatable bonds is 6. The number of thiophene rings is 1. The van der Waals surface area contributed by atoms with Crippen molar-refractivity contribution in [2.75, 3.05) is 13.7 Å². The Morgan fingerprint density at radius 3 is 2.71 bits per heavy atom. The lowest BCUT2D eigenvalue weighted by Crippen LogP contribution is -2.33. The summed E-state index contributed by atoms with van der Waals surface area (Å²) in [5.41, 5.74) is 0.546. The third-order valence-electron chi connectivity index (χ3n) is 2.94. The van der Waals surface area contributed by atoms with E-state index >= 15 is 0 Å². The lowest BCUT2D eigenvalue weighted by Gasteiger charge is -2.09. The topological polar surface area (TPSA) is 81.7 Å². The van der Waals surface area contributed by atoms with Crippen LogP contribution in [0.5, 0.6) is 5.75 Å². The van der Waals surface area contributed by atoms with E-state index in [2.05, 4.69) is 5.32 Å². The molecule has 0 radical (unpaired) electrons. The molecule has 1 aromatic carbocycles. The van der Waals surface area contributed by atoms with Gasteiger partial charge in [-0.05, 0) is 29.6 Å². The molecule has 0 unspecified atom stereocenters. The molecule has 0 aliphatic heterocycles. The van der Waals surface area contributed by atoms with E-state index in [0.29, 0.717) is 21.2 Å². The van der Waals surface area contributed by atoms with Crippen molar-refractivity contribution in [3.63, 3.8) is 0 Å². The van der Waals surface area contributed by atoms with Crippen molar-refractivity contribution in [1.29, 1.82) is 0 Å². The van der Waals surface area contributed by atoms with Crippen LogP contribution >= 0.6 is 22.9 Å². The minimum Gasteiger partial charge on any atom is -0.496 e. The lowest BCUT2D eigenvalue weighted by atomic mass is 10.1. The molecule has 0 bridgehead atoms. The Bertz CT molecular complexity index is 745. The predicted octanol–water partition coefficient (Wildman–Crippen LogP) is 2.45. The fourth-order valence-corrected chi connectivity index (χ4v) is 2.68. The highest BCUT2D eigenvalue weighted by Gasteiger charge is 2.15. The quantitative estimate of drug-likeness (QED) is 0.793. The average molecular weight is 368 g/mol. The molecule has 0 aliphatic rings. The molecule has 0 fully saturated rings. The zero-order valence-corrected chi connectivity index (χ0v) is 14.3. The van der Waals surface area contributed by atoms with E-state index in [-0.39, 0.29) is 6.42 Å². The van der Waals surface area contributed by atoms with Crippen LogP contribution in [0.15, 0.2) is 35.7 Å². The largest absolute Gasteiger partial charge is 0.496 e. The van der Waals surface area contributed by atoms with Gasteiger partial charge < -0.3 is 9.47 Å². The fraction of sp³-hybridized carbons (Fsp3) is 0.188. The number of halogens is 1. The molecule has 0 aliphatic carbocycles. The number of hydrogen-bond donors (Lipinski definition) is 1. The third-order valence-corrected chi connectivity index (χ3v) is 4.04. The Labute approximate surface area is 147 Å². The molecule has 1 aromatic heterocycles. The summed E-state index contributed by atoms with van der Waals surface area (Å²) in [7, 11) is 1.47. The zero-order valence-electron chi connectivity index (χ0n) is 12.7. The van der Waals surface area contributed by atoms with Gasteiger partial charge in [-0.1, -0.05) is 17.7 Å². The van der Waals surface area contributed by atoms with Crippen LogP contribution in [0.4, 0.5) is 0 Å². The van der Waals surface area contributed by atoms with E-state index in [4.69, 9.17) is 21.1 Å². The van der Waals surface area contributed by atoms with Gasteiger partial charge in [-0.3, -0.25) is 19.7 Å². The van der Waals surface area contributed by atoms with Gasteiger partial charge in [0.15, 0.2) is 6.61 Å². The molecule has 24 heavy (non-hydrogen) atoms. The number of imide groups is 1. The average Bonchev–Trinajstić information content (AvgIpc) is 3.08. The van der Waals surface area contributed by atoms with Crippen molar-refractivity contribution in [3.05, 3.63) is 51.2 Å². The Morgan fingerprint density at radius 2 is 2.04 bits per heavy atom. The molecule has 2 rings (SSSR count). The first-order valence-corrected chi connectivity index (χ1v) is 8.11. The number of ether oxygens (including phenoxy) is 2. The van der Waals surface area contributed by atoms with Crippen molar-refractivity contribution in [3.8, 4) is 5.75 Å². The van der Waals surface area contributed by atoms with Crippen LogP contribution in [-0.2, 0) is 20.7 Å². The maximum atomic E-state index is 11.8. The molecule has 1 heterocycles. The monoisotopic (exact) mass is 367 g/mol. The Balaban J connectivity index is 1.84. The van der Waals surface area contributed by atoms with Gasteiger partial charge in [0, 0.05) is 10.6 Å². The van der Waals surface area contributed by atoms with E-state index in [1.54, 1.807) is 35.7 Å². The smallest absolute Gasteiger partial charge is 0.310 e. The van der Waals surface area contributed by atoms with Gasteiger partial charge in [0.2, 0.25) is 0 Å². The predicted molar refractivity (Wildman–Crippen MR) is 89.5 cm³/mol. The van der Waals surface area contributed by atoms with Crippen molar-refractivity contribution >= 4 is 40.7 Å². The van der Waals surface area contributed by atoms with Crippen LogP contribution in [0.1, 0.15) is 15.2 Å². The van der Waals surface area contributed by atoms with Crippen molar-refractivity contribution in [1.82, 2.24) is 5.32 Å².